The second-order valence-electron chi connectivity index (χ2n) is 7.06. The fourth-order valence-corrected chi connectivity index (χ4v) is 4.93. The monoisotopic (exact) mass is 250 g/mol. The Hall–Kier alpha value is -0.0800. The molecule has 2 saturated carbocycles. The SMILES string of the molecule is NCC1CCCCN1C1CCC2(CCCC2)CC1. The number of hydrogen-bond donors (Lipinski definition) is 1. The second-order valence-corrected chi connectivity index (χ2v) is 7.06. The van der Waals surface area contributed by atoms with Gasteiger partial charge in [0.25, 0.3) is 0 Å². The Bertz CT molecular complexity index is 260. The minimum atomic E-state index is 0.696. The molecule has 3 rings (SSSR count). The average molecular weight is 250 g/mol. The topological polar surface area (TPSA) is 29.3 Å². The zero-order chi connectivity index (χ0) is 12.4. The van der Waals surface area contributed by atoms with E-state index in [1.54, 1.807) is 0 Å². The van der Waals surface area contributed by atoms with Gasteiger partial charge in [-0.2, -0.15) is 0 Å². The lowest BCUT2D eigenvalue weighted by Gasteiger charge is -2.46. The summed E-state index contributed by atoms with van der Waals surface area (Å²) < 4.78 is 0. The third kappa shape index (κ3) is 2.46. The van der Waals surface area contributed by atoms with Gasteiger partial charge in [-0.1, -0.05) is 19.3 Å². The van der Waals surface area contributed by atoms with Crippen molar-refractivity contribution in [3.8, 4) is 0 Å². The van der Waals surface area contributed by atoms with Crippen molar-refractivity contribution in [2.45, 2.75) is 82.7 Å². The molecule has 104 valence electrons. The van der Waals surface area contributed by atoms with Gasteiger partial charge in [-0.05, 0) is 63.3 Å². The standard InChI is InChI=1S/C16H30N2/c17-13-15-5-1-4-12-18(15)14-6-10-16(11-7-14)8-2-3-9-16/h14-15H,1-13,17H2. The van der Waals surface area contributed by atoms with Crippen LogP contribution in [0.5, 0.6) is 0 Å². The Morgan fingerprint density at radius 3 is 2.28 bits per heavy atom. The number of rotatable bonds is 2. The van der Waals surface area contributed by atoms with Crippen molar-refractivity contribution in [1.82, 2.24) is 4.90 Å². The van der Waals surface area contributed by atoms with E-state index in [-0.39, 0.29) is 0 Å². The Kier molecular flexibility index (Phi) is 3.95. The van der Waals surface area contributed by atoms with Crippen LogP contribution in [-0.2, 0) is 0 Å². The molecule has 1 spiro atoms. The first-order valence-electron chi connectivity index (χ1n) is 8.29. The number of nitrogens with zero attached hydrogens (tertiary/aromatic N) is 1. The highest BCUT2D eigenvalue weighted by Gasteiger charge is 2.40. The van der Waals surface area contributed by atoms with Crippen molar-refractivity contribution in [3.05, 3.63) is 0 Å². The van der Waals surface area contributed by atoms with Crippen LogP contribution in [0.2, 0.25) is 0 Å². The maximum absolute atomic E-state index is 5.97. The summed E-state index contributed by atoms with van der Waals surface area (Å²) >= 11 is 0. The maximum Gasteiger partial charge on any atom is 0.0221 e. The molecule has 0 aromatic rings. The van der Waals surface area contributed by atoms with Crippen molar-refractivity contribution in [1.29, 1.82) is 0 Å². The van der Waals surface area contributed by atoms with Gasteiger partial charge in [-0.15, -0.1) is 0 Å². The smallest absolute Gasteiger partial charge is 0.0221 e. The van der Waals surface area contributed by atoms with Crippen LogP contribution < -0.4 is 5.73 Å². The van der Waals surface area contributed by atoms with Crippen LogP contribution in [0.25, 0.3) is 0 Å². The molecule has 0 bridgehead atoms. The van der Waals surface area contributed by atoms with Gasteiger partial charge in [0.05, 0.1) is 0 Å². The molecule has 0 radical (unpaired) electrons. The summed E-state index contributed by atoms with van der Waals surface area (Å²) in [6.45, 7) is 2.20. The highest BCUT2D eigenvalue weighted by Crippen LogP contribution is 2.49. The van der Waals surface area contributed by atoms with Gasteiger partial charge in [-0.3, -0.25) is 4.90 Å². The van der Waals surface area contributed by atoms with Gasteiger partial charge in [-0.25, -0.2) is 0 Å². The van der Waals surface area contributed by atoms with E-state index >= 15 is 0 Å². The predicted octanol–water partition coefficient (Wildman–Crippen LogP) is 3.30. The van der Waals surface area contributed by atoms with Gasteiger partial charge in [0.15, 0.2) is 0 Å². The van der Waals surface area contributed by atoms with Gasteiger partial charge < -0.3 is 5.73 Å². The van der Waals surface area contributed by atoms with Crippen molar-refractivity contribution in [2.75, 3.05) is 13.1 Å². The summed E-state index contributed by atoms with van der Waals surface area (Å²) in [7, 11) is 0. The molecule has 2 aliphatic carbocycles. The third-order valence-corrected chi connectivity index (χ3v) is 6.09. The van der Waals surface area contributed by atoms with Crippen LogP contribution in [0.15, 0.2) is 0 Å². The molecule has 1 unspecified atom stereocenters. The fourth-order valence-electron chi connectivity index (χ4n) is 4.93. The molecule has 1 heterocycles. The van der Waals surface area contributed by atoms with E-state index < -0.39 is 0 Å². The zero-order valence-corrected chi connectivity index (χ0v) is 11.9. The summed E-state index contributed by atoms with van der Waals surface area (Å²) in [5.41, 5.74) is 6.76. The lowest BCUT2D eigenvalue weighted by molar-refractivity contribution is 0.0433. The lowest BCUT2D eigenvalue weighted by atomic mass is 9.71. The number of piperidine rings is 1. The van der Waals surface area contributed by atoms with Crippen LogP contribution in [0, 0.1) is 5.41 Å². The summed E-state index contributed by atoms with van der Waals surface area (Å²) in [6, 6.07) is 1.56. The summed E-state index contributed by atoms with van der Waals surface area (Å²) in [5, 5.41) is 0. The van der Waals surface area contributed by atoms with E-state index in [1.165, 1.54) is 77.2 Å². The van der Waals surface area contributed by atoms with Crippen LogP contribution in [-0.4, -0.2) is 30.1 Å². The van der Waals surface area contributed by atoms with Crippen molar-refractivity contribution >= 4 is 0 Å². The summed E-state index contributed by atoms with van der Waals surface area (Å²) in [6.07, 6.45) is 16.1. The maximum atomic E-state index is 5.97. The molecule has 3 fully saturated rings. The van der Waals surface area contributed by atoms with Gasteiger partial charge in [0.1, 0.15) is 0 Å². The van der Waals surface area contributed by atoms with Crippen LogP contribution in [0.3, 0.4) is 0 Å². The van der Waals surface area contributed by atoms with Crippen molar-refractivity contribution < 1.29 is 0 Å². The van der Waals surface area contributed by atoms with E-state index in [1.807, 2.05) is 0 Å². The first-order valence-corrected chi connectivity index (χ1v) is 8.29. The van der Waals surface area contributed by atoms with Gasteiger partial charge >= 0.3 is 0 Å². The molecule has 1 aliphatic heterocycles. The molecule has 1 atom stereocenters. The van der Waals surface area contributed by atoms with Crippen LogP contribution >= 0.6 is 0 Å². The first-order chi connectivity index (χ1) is 8.83. The van der Waals surface area contributed by atoms with E-state index in [0.29, 0.717) is 6.04 Å². The fraction of sp³-hybridized carbons (Fsp3) is 1.00. The molecule has 18 heavy (non-hydrogen) atoms. The van der Waals surface area contributed by atoms with E-state index in [9.17, 15) is 0 Å². The average Bonchev–Trinajstić information content (AvgIpc) is 2.88. The number of nitrogens with two attached hydrogens (primary N) is 1. The molecule has 2 N–H and O–H groups in total. The Morgan fingerprint density at radius 2 is 1.61 bits per heavy atom. The molecular formula is C16H30N2. The minimum Gasteiger partial charge on any atom is -0.329 e. The highest BCUT2D eigenvalue weighted by molar-refractivity contribution is 4.94. The molecule has 0 aromatic carbocycles. The molecular weight excluding hydrogens is 220 g/mol. The Balaban J connectivity index is 1.57. The number of likely N-dealkylation sites (tertiary alicyclic amines) is 1. The minimum absolute atomic E-state index is 0.696. The summed E-state index contributed by atoms with van der Waals surface area (Å²) in [4.78, 5) is 2.78. The largest absolute Gasteiger partial charge is 0.329 e. The second kappa shape index (κ2) is 5.50. The number of hydrogen-bond acceptors (Lipinski definition) is 2. The van der Waals surface area contributed by atoms with Gasteiger partial charge in [0.2, 0.25) is 0 Å². The van der Waals surface area contributed by atoms with Crippen molar-refractivity contribution in [3.63, 3.8) is 0 Å². The predicted molar refractivity (Wildman–Crippen MR) is 76.6 cm³/mol. The molecule has 3 aliphatic rings. The Labute approximate surface area is 112 Å². The van der Waals surface area contributed by atoms with E-state index in [4.69, 9.17) is 5.73 Å². The quantitative estimate of drug-likeness (QED) is 0.815. The van der Waals surface area contributed by atoms with E-state index in [2.05, 4.69) is 4.90 Å². The Morgan fingerprint density at radius 1 is 0.889 bits per heavy atom. The molecule has 2 heteroatoms. The van der Waals surface area contributed by atoms with Gasteiger partial charge in [0, 0.05) is 18.6 Å². The van der Waals surface area contributed by atoms with Crippen LogP contribution in [0.1, 0.15) is 70.6 Å². The highest BCUT2D eigenvalue weighted by atomic mass is 15.2. The molecule has 0 amide bonds. The van der Waals surface area contributed by atoms with E-state index in [0.717, 1.165) is 18.0 Å². The molecule has 2 nitrogen and oxygen atoms in total. The lowest BCUT2D eigenvalue weighted by Crippen LogP contribution is -2.51. The first kappa shape index (κ1) is 12.9. The molecule has 0 aromatic heterocycles. The zero-order valence-electron chi connectivity index (χ0n) is 11.9. The van der Waals surface area contributed by atoms with Crippen molar-refractivity contribution in [2.24, 2.45) is 11.1 Å². The third-order valence-electron chi connectivity index (χ3n) is 6.09. The molecule has 1 saturated heterocycles. The summed E-state index contributed by atoms with van der Waals surface area (Å²) in [5.74, 6) is 0. The normalized spacial score (nSPS) is 34.2. The van der Waals surface area contributed by atoms with Crippen LogP contribution in [0.4, 0.5) is 0 Å².